The van der Waals surface area contributed by atoms with Gasteiger partial charge in [-0.3, -0.25) is 9.89 Å². The molecular weight excluding hydrogens is 264 g/mol. The maximum atomic E-state index is 12.3. The number of benzene rings is 2. The quantitative estimate of drug-likeness (QED) is 0.775. The molecule has 0 aliphatic rings. The van der Waals surface area contributed by atoms with Gasteiger partial charge in [0.15, 0.2) is 0 Å². The number of H-pyrrole nitrogens is 1. The van der Waals surface area contributed by atoms with E-state index in [1.807, 2.05) is 55.4 Å². The number of nitrogens with one attached hydrogen (secondary N) is 2. The summed E-state index contributed by atoms with van der Waals surface area (Å²) in [6.07, 6.45) is 1.73. The van der Waals surface area contributed by atoms with Crippen molar-refractivity contribution in [2.75, 3.05) is 24.3 Å². The van der Waals surface area contributed by atoms with Crippen LogP contribution in [0, 0.1) is 0 Å². The van der Waals surface area contributed by atoms with Crippen LogP contribution in [0.4, 0.5) is 11.4 Å². The Morgan fingerprint density at radius 1 is 1.19 bits per heavy atom. The number of aromatic amines is 1. The number of carbonyl (C=O) groups is 1. The lowest BCUT2D eigenvalue weighted by atomic mass is 10.1. The largest absolute Gasteiger partial charge is 0.378 e. The second-order valence-corrected chi connectivity index (χ2v) is 5.07. The van der Waals surface area contributed by atoms with E-state index in [1.54, 1.807) is 12.3 Å². The number of amides is 1. The fourth-order valence-electron chi connectivity index (χ4n) is 2.15. The first kappa shape index (κ1) is 13.2. The maximum absolute atomic E-state index is 12.3. The molecule has 0 spiro atoms. The number of rotatable bonds is 3. The second-order valence-electron chi connectivity index (χ2n) is 5.07. The van der Waals surface area contributed by atoms with Crippen molar-refractivity contribution in [2.45, 2.75) is 0 Å². The van der Waals surface area contributed by atoms with Crippen molar-refractivity contribution in [3.63, 3.8) is 0 Å². The number of aromatic nitrogens is 2. The zero-order valence-corrected chi connectivity index (χ0v) is 11.9. The first-order chi connectivity index (χ1) is 10.1. The van der Waals surface area contributed by atoms with E-state index >= 15 is 0 Å². The van der Waals surface area contributed by atoms with Gasteiger partial charge in [-0.25, -0.2) is 0 Å². The van der Waals surface area contributed by atoms with Crippen molar-refractivity contribution in [1.82, 2.24) is 10.2 Å². The van der Waals surface area contributed by atoms with Gasteiger partial charge in [-0.05, 0) is 36.4 Å². The normalized spacial score (nSPS) is 10.6. The van der Waals surface area contributed by atoms with Crippen molar-refractivity contribution in [1.29, 1.82) is 0 Å². The zero-order valence-electron chi connectivity index (χ0n) is 11.9. The van der Waals surface area contributed by atoms with Gasteiger partial charge in [-0.15, -0.1) is 0 Å². The third-order valence-corrected chi connectivity index (χ3v) is 3.32. The fourth-order valence-corrected chi connectivity index (χ4v) is 2.15. The van der Waals surface area contributed by atoms with Crippen LogP contribution in [0.5, 0.6) is 0 Å². The fraction of sp³-hybridized carbons (Fsp3) is 0.125. The van der Waals surface area contributed by atoms with Crippen molar-refractivity contribution in [3.8, 4) is 0 Å². The molecule has 106 valence electrons. The summed E-state index contributed by atoms with van der Waals surface area (Å²) in [5.74, 6) is -0.124. The van der Waals surface area contributed by atoms with Crippen molar-refractivity contribution >= 4 is 28.2 Å². The molecule has 0 bridgehead atoms. The lowest BCUT2D eigenvalue weighted by Crippen LogP contribution is -2.14. The Labute approximate surface area is 122 Å². The van der Waals surface area contributed by atoms with Crippen LogP contribution in [-0.2, 0) is 0 Å². The average Bonchev–Trinajstić information content (AvgIpc) is 2.95. The zero-order chi connectivity index (χ0) is 14.8. The molecule has 1 aromatic heterocycles. The van der Waals surface area contributed by atoms with Gasteiger partial charge in [0.25, 0.3) is 5.91 Å². The minimum Gasteiger partial charge on any atom is -0.378 e. The van der Waals surface area contributed by atoms with Crippen molar-refractivity contribution in [3.05, 3.63) is 54.2 Å². The first-order valence-corrected chi connectivity index (χ1v) is 6.65. The van der Waals surface area contributed by atoms with Gasteiger partial charge in [0.2, 0.25) is 0 Å². The first-order valence-electron chi connectivity index (χ1n) is 6.65. The SMILES string of the molecule is CN(C)c1cccc(C(=O)Nc2ccc3[nH]ncc3c2)c1. The lowest BCUT2D eigenvalue weighted by molar-refractivity contribution is 0.102. The predicted molar refractivity (Wildman–Crippen MR) is 84.8 cm³/mol. The van der Waals surface area contributed by atoms with E-state index in [2.05, 4.69) is 15.5 Å². The molecule has 0 fully saturated rings. The third-order valence-electron chi connectivity index (χ3n) is 3.32. The number of hydrogen-bond donors (Lipinski definition) is 2. The lowest BCUT2D eigenvalue weighted by Gasteiger charge is -2.13. The Balaban J connectivity index is 1.83. The third kappa shape index (κ3) is 2.72. The minimum absolute atomic E-state index is 0.124. The molecule has 0 aliphatic heterocycles. The predicted octanol–water partition coefficient (Wildman–Crippen LogP) is 2.88. The van der Waals surface area contributed by atoms with E-state index in [-0.39, 0.29) is 5.91 Å². The molecule has 5 nitrogen and oxygen atoms in total. The summed E-state index contributed by atoms with van der Waals surface area (Å²) >= 11 is 0. The van der Waals surface area contributed by atoms with E-state index in [4.69, 9.17) is 0 Å². The molecule has 3 rings (SSSR count). The van der Waals surface area contributed by atoms with E-state index in [0.717, 1.165) is 22.3 Å². The summed E-state index contributed by atoms with van der Waals surface area (Å²) in [5, 5.41) is 10.7. The molecule has 0 saturated heterocycles. The van der Waals surface area contributed by atoms with Gasteiger partial charge in [-0.2, -0.15) is 5.10 Å². The van der Waals surface area contributed by atoms with Crippen LogP contribution in [0.25, 0.3) is 10.9 Å². The van der Waals surface area contributed by atoms with Crippen LogP contribution in [0.2, 0.25) is 0 Å². The molecule has 2 aromatic carbocycles. The summed E-state index contributed by atoms with van der Waals surface area (Å²) in [5.41, 5.74) is 3.33. The molecule has 0 aliphatic carbocycles. The van der Waals surface area contributed by atoms with E-state index in [9.17, 15) is 4.79 Å². The Bertz CT molecular complexity index is 792. The standard InChI is InChI=1S/C16H16N4O/c1-20(2)14-5-3-4-11(9-14)16(21)18-13-6-7-15-12(8-13)10-17-19-15/h3-10H,1-2H3,(H,17,19)(H,18,21). The second kappa shape index (κ2) is 5.28. The highest BCUT2D eigenvalue weighted by atomic mass is 16.1. The molecule has 0 saturated carbocycles. The summed E-state index contributed by atoms with van der Waals surface area (Å²) in [6.45, 7) is 0. The number of nitrogens with zero attached hydrogens (tertiary/aromatic N) is 2. The van der Waals surface area contributed by atoms with E-state index in [0.29, 0.717) is 5.56 Å². The maximum Gasteiger partial charge on any atom is 0.255 e. The topological polar surface area (TPSA) is 61.0 Å². The van der Waals surface area contributed by atoms with Gasteiger partial charge < -0.3 is 10.2 Å². The molecule has 3 aromatic rings. The van der Waals surface area contributed by atoms with Crippen molar-refractivity contribution < 1.29 is 4.79 Å². The summed E-state index contributed by atoms with van der Waals surface area (Å²) in [6, 6.07) is 13.2. The van der Waals surface area contributed by atoms with Crippen LogP contribution in [-0.4, -0.2) is 30.2 Å². The van der Waals surface area contributed by atoms with Gasteiger partial charge in [-0.1, -0.05) is 6.07 Å². The molecular formula is C16H16N4O. The number of fused-ring (bicyclic) bond motifs is 1. The molecule has 0 radical (unpaired) electrons. The Hall–Kier alpha value is -2.82. The van der Waals surface area contributed by atoms with Crippen LogP contribution in [0.1, 0.15) is 10.4 Å². The monoisotopic (exact) mass is 280 g/mol. The number of anilines is 2. The Morgan fingerprint density at radius 3 is 2.86 bits per heavy atom. The summed E-state index contributed by atoms with van der Waals surface area (Å²) in [4.78, 5) is 14.3. The highest BCUT2D eigenvalue weighted by molar-refractivity contribution is 6.05. The molecule has 21 heavy (non-hydrogen) atoms. The Morgan fingerprint density at radius 2 is 2.05 bits per heavy atom. The van der Waals surface area contributed by atoms with Gasteiger partial charge >= 0.3 is 0 Å². The van der Waals surface area contributed by atoms with E-state index < -0.39 is 0 Å². The molecule has 2 N–H and O–H groups in total. The van der Waals surface area contributed by atoms with Crippen LogP contribution >= 0.6 is 0 Å². The van der Waals surface area contributed by atoms with E-state index in [1.165, 1.54) is 0 Å². The van der Waals surface area contributed by atoms with Gasteiger partial charge in [0.05, 0.1) is 11.7 Å². The van der Waals surface area contributed by atoms with Crippen LogP contribution in [0.3, 0.4) is 0 Å². The highest BCUT2D eigenvalue weighted by Crippen LogP contribution is 2.19. The molecule has 0 atom stereocenters. The molecule has 5 heteroatoms. The molecule has 1 amide bonds. The smallest absolute Gasteiger partial charge is 0.255 e. The van der Waals surface area contributed by atoms with Crippen molar-refractivity contribution in [2.24, 2.45) is 0 Å². The van der Waals surface area contributed by atoms with Gasteiger partial charge in [0, 0.05) is 36.4 Å². The molecule has 0 unspecified atom stereocenters. The molecule has 1 heterocycles. The summed E-state index contributed by atoms with van der Waals surface area (Å²) in [7, 11) is 3.90. The number of hydrogen-bond acceptors (Lipinski definition) is 3. The Kier molecular flexibility index (Phi) is 3.31. The number of carbonyl (C=O) groups excluding carboxylic acids is 1. The highest BCUT2D eigenvalue weighted by Gasteiger charge is 2.08. The minimum atomic E-state index is -0.124. The average molecular weight is 280 g/mol. The van der Waals surface area contributed by atoms with Crippen LogP contribution < -0.4 is 10.2 Å². The van der Waals surface area contributed by atoms with Crippen LogP contribution in [0.15, 0.2) is 48.7 Å². The van der Waals surface area contributed by atoms with Gasteiger partial charge in [0.1, 0.15) is 0 Å². The summed E-state index contributed by atoms with van der Waals surface area (Å²) < 4.78 is 0.